The second-order valence-corrected chi connectivity index (χ2v) is 4.37. The summed E-state index contributed by atoms with van der Waals surface area (Å²) in [6.07, 6.45) is 0. The zero-order valence-electron chi connectivity index (χ0n) is 9.98. The number of hydrogen-bond acceptors (Lipinski definition) is 2. The summed E-state index contributed by atoms with van der Waals surface area (Å²) in [5.74, 6) is -0.632. The minimum atomic E-state index is -1.06. The molecular weight excluding hydrogens is 271 g/mol. The number of ether oxygens (including phenoxy) is 1. The molecule has 0 heterocycles. The predicted octanol–water partition coefficient (Wildman–Crippen LogP) is 4.28. The standard InChI is InChI=1S/C14H10ClFO3/c1-8-6-10(3-4-12(8)16)19-13-5-2-9(14(17)18)7-11(13)15/h2-7H,1H3,(H,17,18). The number of aryl methyl sites for hydroxylation is 1. The van der Waals surface area contributed by atoms with Gasteiger partial charge in [-0.1, -0.05) is 11.6 Å². The van der Waals surface area contributed by atoms with Crippen LogP contribution in [0, 0.1) is 12.7 Å². The Balaban J connectivity index is 2.28. The Labute approximate surface area is 114 Å². The first-order valence-electron chi connectivity index (χ1n) is 5.44. The normalized spacial score (nSPS) is 10.3. The Morgan fingerprint density at radius 2 is 2.00 bits per heavy atom. The van der Waals surface area contributed by atoms with Crippen LogP contribution in [0.2, 0.25) is 5.02 Å². The molecule has 0 saturated carbocycles. The highest BCUT2D eigenvalue weighted by Crippen LogP contribution is 2.30. The third kappa shape index (κ3) is 3.03. The van der Waals surface area contributed by atoms with Crippen LogP contribution in [0.25, 0.3) is 0 Å². The van der Waals surface area contributed by atoms with Crippen LogP contribution < -0.4 is 4.74 Å². The van der Waals surface area contributed by atoms with E-state index in [0.717, 1.165) is 0 Å². The molecule has 0 radical (unpaired) electrons. The Hall–Kier alpha value is -2.07. The van der Waals surface area contributed by atoms with Crippen LogP contribution >= 0.6 is 11.6 Å². The molecule has 0 aromatic heterocycles. The lowest BCUT2D eigenvalue weighted by Gasteiger charge is -2.09. The molecule has 98 valence electrons. The zero-order chi connectivity index (χ0) is 14.0. The van der Waals surface area contributed by atoms with Crippen molar-refractivity contribution in [3.05, 3.63) is 58.4 Å². The third-order valence-corrected chi connectivity index (χ3v) is 2.83. The fraction of sp³-hybridized carbons (Fsp3) is 0.0714. The lowest BCUT2D eigenvalue weighted by molar-refractivity contribution is 0.0697. The number of carbonyl (C=O) groups is 1. The molecule has 0 aliphatic carbocycles. The lowest BCUT2D eigenvalue weighted by Crippen LogP contribution is -1.96. The molecule has 0 aliphatic heterocycles. The van der Waals surface area contributed by atoms with Gasteiger partial charge in [-0.05, 0) is 48.9 Å². The van der Waals surface area contributed by atoms with Crippen molar-refractivity contribution in [1.29, 1.82) is 0 Å². The van der Waals surface area contributed by atoms with E-state index in [1.54, 1.807) is 6.92 Å². The molecule has 2 aromatic rings. The Morgan fingerprint density at radius 1 is 1.26 bits per heavy atom. The van der Waals surface area contributed by atoms with Gasteiger partial charge in [0.05, 0.1) is 10.6 Å². The first-order chi connectivity index (χ1) is 8.97. The van der Waals surface area contributed by atoms with Crippen molar-refractivity contribution in [2.24, 2.45) is 0 Å². The average Bonchev–Trinajstić information content (AvgIpc) is 2.36. The second-order valence-electron chi connectivity index (χ2n) is 3.96. The molecule has 2 rings (SSSR count). The monoisotopic (exact) mass is 280 g/mol. The maximum absolute atomic E-state index is 13.1. The fourth-order valence-corrected chi connectivity index (χ4v) is 1.74. The predicted molar refractivity (Wildman–Crippen MR) is 69.6 cm³/mol. The third-order valence-electron chi connectivity index (χ3n) is 2.54. The molecule has 0 unspecified atom stereocenters. The topological polar surface area (TPSA) is 46.5 Å². The van der Waals surface area contributed by atoms with Crippen molar-refractivity contribution >= 4 is 17.6 Å². The molecule has 19 heavy (non-hydrogen) atoms. The van der Waals surface area contributed by atoms with E-state index < -0.39 is 5.97 Å². The van der Waals surface area contributed by atoms with Gasteiger partial charge in [0.2, 0.25) is 0 Å². The first-order valence-corrected chi connectivity index (χ1v) is 5.82. The summed E-state index contributed by atoms with van der Waals surface area (Å²) in [4.78, 5) is 10.8. The fourth-order valence-electron chi connectivity index (χ4n) is 1.52. The highest BCUT2D eigenvalue weighted by molar-refractivity contribution is 6.32. The maximum atomic E-state index is 13.1. The summed E-state index contributed by atoms with van der Waals surface area (Å²) in [7, 11) is 0. The smallest absolute Gasteiger partial charge is 0.335 e. The number of rotatable bonds is 3. The van der Waals surface area contributed by atoms with Crippen LogP contribution in [0.3, 0.4) is 0 Å². The van der Waals surface area contributed by atoms with Crippen molar-refractivity contribution in [2.45, 2.75) is 6.92 Å². The van der Waals surface area contributed by atoms with E-state index >= 15 is 0 Å². The molecule has 5 heteroatoms. The van der Waals surface area contributed by atoms with Gasteiger partial charge in [0.15, 0.2) is 0 Å². The van der Waals surface area contributed by atoms with Crippen molar-refractivity contribution in [2.75, 3.05) is 0 Å². The van der Waals surface area contributed by atoms with Gasteiger partial charge in [0.1, 0.15) is 17.3 Å². The molecule has 1 N–H and O–H groups in total. The molecule has 0 spiro atoms. The van der Waals surface area contributed by atoms with E-state index in [0.29, 0.717) is 17.1 Å². The summed E-state index contributed by atoms with van der Waals surface area (Å²) < 4.78 is 18.6. The van der Waals surface area contributed by atoms with Gasteiger partial charge in [-0.25, -0.2) is 9.18 Å². The summed E-state index contributed by atoms with van der Waals surface area (Å²) in [5.41, 5.74) is 0.531. The molecule has 0 amide bonds. The minimum Gasteiger partial charge on any atom is -0.478 e. The van der Waals surface area contributed by atoms with Crippen LogP contribution in [0.15, 0.2) is 36.4 Å². The maximum Gasteiger partial charge on any atom is 0.335 e. The average molecular weight is 281 g/mol. The number of aromatic carboxylic acids is 1. The van der Waals surface area contributed by atoms with E-state index in [-0.39, 0.29) is 16.4 Å². The number of carboxylic acids is 1. The van der Waals surface area contributed by atoms with Gasteiger partial charge < -0.3 is 9.84 Å². The van der Waals surface area contributed by atoms with Gasteiger partial charge in [-0.3, -0.25) is 0 Å². The van der Waals surface area contributed by atoms with E-state index in [1.807, 2.05) is 0 Å². The number of benzene rings is 2. The molecule has 2 aromatic carbocycles. The minimum absolute atomic E-state index is 0.0765. The molecule has 0 saturated heterocycles. The molecule has 3 nitrogen and oxygen atoms in total. The zero-order valence-corrected chi connectivity index (χ0v) is 10.7. The van der Waals surface area contributed by atoms with Crippen LogP contribution in [-0.2, 0) is 0 Å². The van der Waals surface area contributed by atoms with Crippen LogP contribution in [0.4, 0.5) is 4.39 Å². The van der Waals surface area contributed by atoms with E-state index in [9.17, 15) is 9.18 Å². The van der Waals surface area contributed by atoms with E-state index in [4.69, 9.17) is 21.4 Å². The van der Waals surface area contributed by atoms with Crippen molar-refractivity contribution < 1.29 is 19.0 Å². The molecule has 0 atom stereocenters. The summed E-state index contributed by atoms with van der Waals surface area (Å²) >= 11 is 5.93. The van der Waals surface area contributed by atoms with Gasteiger partial charge in [-0.2, -0.15) is 0 Å². The number of halogens is 2. The molecule has 0 aliphatic rings. The van der Waals surface area contributed by atoms with Crippen molar-refractivity contribution in [3.8, 4) is 11.5 Å². The number of carboxylic acid groups (broad SMARTS) is 1. The van der Waals surface area contributed by atoms with Gasteiger partial charge >= 0.3 is 5.97 Å². The molecular formula is C14H10ClFO3. The summed E-state index contributed by atoms with van der Waals surface area (Å²) in [5, 5.41) is 9.00. The summed E-state index contributed by atoms with van der Waals surface area (Å²) in [6, 6.07) is 8.46. The van der Waals surface area contributed by atoms with E-state index in [2.05, 4.69) is 0 Å². The highest BCUT2D eigenvalue weighted by Gasteiger charge is 2.09. The highest BCUT2D eigenvalue weighted by atomic mass is 35.5. The SMILES string of the molecule is Cc1cc(Oc2ccc(C(=O)O)cc2Cl)ccc1F. The first kappa shape index (κ1) is 13.4. The van der Waals surface area contributed by atoms with Gasteiger partial charge in [0.25, 0.3) is 0 Å². The second kappa shape index (κ2) is 5.28. The summed E-state index contributed by atoms with van der Waals surface area (Å²) in [6.45, 7) is 1.62. The quantitative estimate of drug-likeness (QED) is 0.913. The van der Waals surface area contributed by atoms with Crippen LogP contribution in [-0.4, -0.2) is 11.1 Å². The molecule has 0 bridgehead atoms. The lowest BCUT2D eigenvalue weighted by atomic mass is 10.2. The Kier molecular flexibility index (Phi) is 3.71. The van der Waals surface area contributed by atoms with E-state index in [1.165, 1.54) is 36.4 Å². The number of hydrogen-bond donors (Lipinski definition) is 1. The van der Waals surface area contributed by atoms with Crippen molar-refractivity contribution in [3.63, 3.8) is 0 Å². The van der Waals surface area contributed by atoms with Crippen LogP contribution in [0.5, 0.6) is 11.5 Å². The largest absolute Gasteiger partial charge is 0.478 e. The Bertz CT molecular complexity index is 641. The van der Waals surface area contributed by atoms with Crippen molar-refractivity contribution in [1.82, 2.24) is 0 Å². The molecule has 0 fully saturated rings. The van der Waals surface area contributed by atoms with Gasteiger partial charge in [0, 0.05) is 0 Å². The van der Waals surface area contributed by atoms with Gasteiger partial charge in [-0.15, -0.1) is 0 Å². The Morgan fingerprint density at radius 3 is 2.58 bits per heavy atom. The van der Waals surface area contributed by atoms with Crippen LogP contribution in [0.1, 0.15) is 15.9 Å².